The molecule has 2 rings (SSSR count). The van der Waals surface area contributed by atoms with Gasteiger partial charge in [-0.3, -0.25) is 0 Å². The van der Waals surface area contributed by atoms with Gasteiger partial charge in [0, 0.05) is 6.42 Å². The summed E-state index contributed by atoms with van der Waals surface area (Å²) in [7, 11) is -10.7. The van der Waals surface area contributed by atoms with E-state index >= 15 is 0 Å². The molecule has 7 nitrogen and oxygen atoms in total. The van der Waals surface area contributed by atoms with E-state index < -0.39 is 41.1 Å². The quantitative estimate of drug-likeness (QED) is 0.674. The maximum absolute atomic E-state index is 12.7. The predicted molar refractivity (Wildman–Crippen MR) is 63.8 cm³/mol. The minimum Gasteiger partial charge on any atom is -0.344 e. The van der Waals surface area contributed by atoms with Crippen molar-refractivity contribution in [3.8, 4) is 0 Å². The third kappa shape index (κ3) is 2.95. The summed E-state index contributed by atoms with van der Waals surface area (Å²) in [5.41, 5.74) is -5.73. The molecular formula is C9H12F3NO6S2. The Morgan fingerprint density at radius 1 is 1.19 bits per heavy atom. The summed E-state index contributed by atoms with van der Waals surface area (Å²) in [6, 6.07) is -1.55. The van der Waals surface area contributed by atoms with Crippen LogP contribution in [0.15, 0.2) is 12.2 Å². The van der Waals surface area contributed by atoms with Gasteiger partial charge in [-0.1, -0.05) is 9.79 Å². The van der Waals surface area contributed by atoms with Crippen molar-refractivity contribution in [1.29, 1.82) is 0 Å². The maximum atomic E-state index is 12.7. The molecule has 0 bridgehead atoms. The molecule has 0 aromatic heterocycles. The molecular weight excluding hydrogens is 339 g/mol. The minimum atomic E-state index is -6.04. The van der Waals surface area contributed by atoms with Crippen LogP contribution < -0.4 is 0 Å². The normalized spacial score (nSPS) is 26.0. The molecule has 1 fully saturated rings. The smallest absolute Gasteiger partial charge is 0.344 e. The Bertz CT molecular complexity index is 647. The molecule has 0 radical (unpaired) electrons. The number of hydrogen-bond acceptors (Lipinski definition) is 6. The van der Waals surface area contributed by atoms with Gasteiger partial charge in [-0.05, 0) is 6.08 Å². The minimum absolute atomic E-state index is 0.182. The van der Waals surface area contributed by atoms with Crippen molar-refractivity contribution >= 4 is 20.0 Å². The highest BCUT2D eigenvalue weighted by molar-refractivity contribution is 8.04. The molecule has 2 aliphatic rings. The Morgan fingerprint density at radius 3 is 2.14 bits per heavy atom. The number of hydrogen-bond donors (Lipinski definition) is 0. The number of ether oxygens (including phenoxy) is 2. The molecule has 0 aromatic rings. The summed E-state index contributed by atoms with van der Waals surface area (Å²) < 4.78 is 93.9. The van der Waals surface area contributed by atoms with Gasteiger partial charge < -0.3 is 9.47 Å². The third-order valence-corrected chi connectivity index (χ3v) is 6.62. The van der Waals surface area contributed by atoms with Crippen molar-refractivity contribution in [3.05, 3.63) is 12.2 Å². The molecule has 0 aromatic carbocycles. The molecule has 1 aliphatic carbocycles. The number of sulfonamides is 2. The lowest BCUT2D eigenvalue weighted by Gasteiger charge is -2.28. The number of halogens is 3. The van der Waals surface area contributed by atoms with Crippen LogP contribution in [0, 0.1) is 0 Å². The Hall–Kier alpha value is -0.690. The zero-order valence-corrected chi connectivity index (χ0v) is 12.3. The van der Waals surface area contributed by atoms with Crippen molar-refractivity contribution in [2.24, 2.45) is 0 Å². The summed E-state index contributed by atoms with van der Waals surface area (Å²) in [5.74, 6) is -1.37. The van der Waals surface area contributed by atoms with Gasteiger partial charge in [-0.15, -0.1) is 0 Å². The van der Waals surface area contributed by atoms with Crippen molar-refractivity contribution in [1.82, 2.24) is 3.71 Å². The van der Waals surface area contributed by atoms with Crippen LogP contribution >= 0.6 is 0 Å². The fraction of sp³-hybridized carbons (Fsp3) is 0.778. The van der Waals surface area contributed by atoms with Gasteiger partial charge in [-0.25, -0.2) is 16.8 Å². The molecule has 0 N–H and O–H groups in total. The Labute approximate surface area is 119 Å². The molecule has 21 heavy (non-hydrogen) atoms. The Kier molecular flexibility index (Phi) is 3.90. The molecule has 1 spiro atoms. The van der Waals surface area contributed by atoms with E-state index in [1.165, 1.54) is 6.08 Å². The van der Waals surface area contributed by atoms with Crippen LogP contribution in [0.2, 0.25) is 0 Å². The van der Waals surface area contributed by atoms with Crippen molar-refractivity contribution < 1.29 is 39.5 Å². The first kappa shape index (κ1) is 16.7. The Balaban J connectivity index is 2.39. The number of nitrogens with zero attached hydrogens (tertiary/aromatic N) is 1. The van der Waals surface area contributed by atoms with Crippen molar-refractivity contribution in [2.45, 2.75) is 23.8 Å². The average Bonchev–Trinajstić information content (AvgIpc) is 2.86. The predicted octanol–water partition coefficient (Wildman–Crippen LogP) is 0.169. The highest BCUT2D eigenvalue weighted by atomic mass is 32.3. The summed E-state index contributed by atoms with van der Waals surface area (Å²) in [4.78, 5) is 0. The van der Waals surface area contributed by atoms with Gasteiger partial charge in [-0.2, -0.15) is 13.2 Å². The van der Waals surface area contributed by atoms with Crippen LogP contribution in [0.4, 0.5) is 13.2 Å². The van der Waals surface area contributed by atoms with Crippen LogP contribution in [0.1, 0.15) is 6.42 Å². The maximum Gasteiger partial charge on any atom is 0.512 e. The zero-order chi connectivity index (χ0) is 16.1. The van der Waals surface area contributed by atoms with E-state index in [0.717, 1.165) is 6.08 Å². The fourth-order valence-corrected chi connectivity index (χ4v) is 5.24. The van der Waals surface area contributed by atoms with Crippen LogP contribution in [-0.4, -0.2) is 57.4 Å². The van der Waals surface area contributed by atoms with Gasteiger partial charge >= 0.3 is 15.5 Å². The second-order valence-corrected chi connectivity index (χ2v) is 8.48. The topological polar surface area (TPSA) is 90.0 Å². The molecule has 1 unspecified atom stereocenters. The van der Waals surface area contributed by atoms with E-state index in [9.17, 15) is 30.0 Å². The molecule has 12 heteroatoms. The summed E-state index contributed by atoms with van der Waals surface area (Å²) in [6.07, 6.45) is 2.28. The third-order valence-electron chi connectivity index (χ3n) is 2.97. The van der Waals surface area contributed by atoms with Gasteiger partial charge in [0.15, 0.2) is 5.79 Å². The van der Waals surface area contributed by atoms with E-state index in [1.54, 1.807) is 0 Å². The van der Waals surface area contributed by atoms with Gasteiger partial charge in [0.25, 0.3) is 0 Å². The molecule has 0 amide bonds. The SMILES string of the molecule is CS(=O)(=O)N(C1C=CC2(C1)OCCO2)S(=O)(=O)C(F)(F)F. The average molecular weight is 351 g/mol. The van der Waals surface area contributed by atoms with Crippen LogP contribution in [0.25, 0.3) is 0 Å². The molecule has 1 heterocycles. The van der Waals surface area contributed by atoms with Crippen LogP contribution in [0.5, 0.6) is 0 Å². The monoisotopic (exact) mass is 351 g/mol. The van der Waals surface area contributed by atoms with Crippen molar-refractivity contribution in [3.63, 3.8) is 0 Å². The second kappa shape index (κ2) is 4.91. The second-order valence-electron chi connectivity index (χ2n) is 4.58. The van der Waals surface area contributed by atoms with E-state index in [-0.39, 0.29) is 19.6 Å². The molecule has 1 saturated heterocycles. The fourth-order valence-electron chi connectivity index (χ4n) is 2.22. The highest BCUT2D eigenvalue weighted by Gasteiger charge is 2.57. The number of alkyl halides is 3. The first-order valence-electron chi connectivity index (χ1n) is 5.67. The first-order valence-corrected chi connectivity index (χ1v) is 8.96. The van der Waals surface area contributed by atoms with E-state index in [0.29, 0.717) is 6.26 Å². The van der Waals surface area contributed by atoms with Crippen LogP contribution in [0.3, 0.4) is 0 Å². The van der Waals surface area contributed by atoms with Gasteiger partial charge in [0.2, 0.25) is 10.0 Å². The van der Waals surface area contributed by atoms with E-state index in [2.05, 4.69) is 0 Å². The van der Waals surface area contributed by atoms with E-state index in [1.807, 2.05) is 0 Å². The summed E-state index contributed by atoms with van der Waals surface area (Å²) in [5, 5.41) is 0. The standard InChI is InChI=1S/C9H12F3NO6S2/c1-20(14,15)13(21(16,17)9(10,11)12)7-2-3-8(6-7)18-4-5-19-8/h2-3,7H,4-6H2,1H3. The molecule has 122 valence electrons. The largest absolute Gasteiger partial charge is 0.512 e. The highest BCUT2D eigenvalue weighted by Crippen LogP contribution is 2.38. The lowest BCUT2D eigenvalue weighted by molar-refractivity contribution is -0.118. The summed E-state index contributed by atoms with van der Waals surface area (Å²) in [6.45, 7) is 0.365. The zero-order valence-electron chi connectivity index (χ0n) is 10.7. The molecule has 1 atom stereocenters. The van der Waals surface area contributed by atoms with Gasteiger partial charge in [0.1, 0.15) is 0 Å². The van der Waals surface area contributed by atoms with Gasteiger partial charge in [0.05, 0.1) is 25.5 Å². The van der Waals surface area contributed by atoms with E-state index in [4.69, 9.17) is 9.47 Å². The molecule has 0 saturated carbocycles. The lowest BCUT2D eigenvalue weighted by Crippen LogP contribution is -2.49. The first-order chi connectivity index (χ1) is 9.39. The lowest BCUT2D eigenvalue weighted by atomic mass is 10.2. The summed E-state index contributed by atoms with van der Waals surface area (Å²) >= 11 is 0. The van der Waals surface area contributed by atoms with Crippen LogP contribution in [-0.2, 0) is 29.5 Å². The molecule has 1 aliphatic heterocycles. The van der Waals surface area contributed by atoms with Crippen molar-refractivity contribution in [2.75, 3.05) is 19.5 Å². The Morgan fingerprint density at radius 2 is 1.71 bits per heavy atom. The number of rotatable bonds is 3.